The lowest BCUT2D eigenvalue weighted by Crippen LogP contribution is -2.30. The number of hydrogen-bond donors (Lipinski definition) is 1. The number of aryl methyl sites for hydroxylation is 2. The Balaban J connectivity index is 2.32. The van der Waals surface area contributed by atoms with Gasteiger partial charge < -0.3 is 4.74 Å². The molecule has 0 radical (unpaired) electrons. The van der Waals surface area contributed by atoms with Gasteiger partial charge in [0.05, 0.1) is 17.5 Å². The van der Waals surface area contributed by atoms with E-state index in [1.807, 2.05) is 0 Å². The van der Waals surface area contributed by atoms with Crippen LogP contribution in [0.2, 0.25) is 0 Å². The number of aromatic nitrogens is 2. The summed E-state index contributed by atoms with van der Waals surface area (Å²) in [5.74, 6) is 0. The minimum Gasteiger partial charge on any atom is -0.380 e. The summed E-state index contributed by atoms with van der Waals surface area (Å²) in [4.78, 5) is 0.300. The third-order valence-electron chi connectivity index (χ3n) is 3.10. The number of hydrogen-bond acceptors (Lipinski definition) is 4. The van der Waals surface area contributed by atoms with E-state index in [4.69, 9.17) is 4.74 Å². The Kier molecular flexibility index (Phi) is 3.24. The summed E-state index contributed by atoms with van der Waals surface area (Å²) in [6, 6.07) is 0. The molecule has 1 fully saturated rings. The van der Waals surface area contributed by atoms with Crippen molar-refractivity contribution in [2.75, 3.05) is 20.2 Å². The molecule has 0 bridgehead atoms. The third kappa shape index (κ3) is 2.10. The van der Waals surface area contributed by atoms with Crippen LogP contribution in [-0.2, 0) is 14.8 Å². The first-order valence-corrected chi connectivity index (χ1v) is 6.95. The minimum atomic E-state index is -3.44. The van der Waals surface area contributed by atoms with Crippen LogP contribution in [0.4, 0.5) is 0 Å². The van der Waals surface area contributed by atoms with Crippen molar-refractivity contribution in [2.45, 2.75) is 31.3 Å². The standard InChI is InChI=1S/C10H17N3O3S/c1-7-10(8(2)12-11-7)17(14,15)13-5-4-9(6-13)16-3/h9H,4-6H2,1-3H3,(H,11,12). The summed E-state index contributed by atoms with van der Waals surface area (Å²) in [6.45, 7) is 4.34. The van der Waals surface area contributed by atoms with Gasteiger partial charge in [-0.15, -0.1) is 0 Å². The summed E-state index contributed by atoms with van der Waals surface area (Å²) < 4.78 is 31.5. The second kappa shape index (κ2) is 4.40. The van der Waals surface area contributed by atoms with Gasteiger partial charge in [0.25, 0.3) is 0 Å². The van der Waals surface area contributed by atoms with Crippen molar-refractivity contribution in [2.24, 2.45) is 0 Å². The van der Waals surface area contributed by atoms with Crippen molar-refractivity contribution in [1.82, 2.24) is 14.5 Å². The maximum atomic E-state index is 12.4. The Morgan fingerprint density at radius 1 is 1.47 bits per heavy atom. The first-order chi connectivity index (χ1) is 7.96. The quantitative estimate of drug-likeness (QED) is 0.854. The molecule has 0 amide bonds. The lowest BCUT2D eigenvalue weighted by atomic mass is 10.3. The van der Waals surface area contributed by atoms with Gasteiger partial charge in [0, 0.05) is 20.2 Å². The Morgan fingerprint density at radius 3 is 2.65 bits per heavy atom. The minimum absolute atomic E-state index is 0.00251. The highest BCUT2D eigenvalue weighted by Crippen LogP contribution is 2.25. The lowest BCUT2D eigenvalue weighted by molar-refractivity contribution is 0.115. The molecule has 17 heavy (non-hydrogen) atoms. The van der Waals surface area contributed by atoms with Gasteiger partial charge in [0.1, 0.15) is 4.90 Å². The third-order valence-corrected chi connectivity index (χ3v) is 5.23. The predicted molar refractivity (Wildman–Crippen MR) is 62.2 cm³/mol. The van der Waals surface area contributed by atoms with Crippen LogP contribution in [0.5, 0.6) is 0 Å². The average Bonchev–Trinajstić information content (AvgIpc) is 2.85. The van der Waals surface area contributed by atoms with Crippen molar-refractivity contribution in [1.29, 1.82) is 0 Å². The fourth-order valence-corrected chi connectivity index (χ4v) is 3.98. The second-order valence-corrected chi connectivity index (χ2v) is 6.15. The summed E-state index contributed by atoms with van der Waals surface area (Å²) in [6.07, 6.45) is 0.739. The molecule has 1 aliphatic heterocycles. The Hall–Kier alpha value is -0.920. The van der Waals surface area contributed by atoms with Gasteiger partial charge in [-0.2, -0.15) is 9.40 Å². The normalized spacial score (nSPS) is 22.2. The largest absolute Gasteiger partial charge is 0.380 e. The Labute approximate surface area is 101 Å². The summed E-state index contributed by atoms with van der Waals surface area (Å²) in [5, 5.41) is 6.64. The van der Waals surface area contributed by atoms with Gasteiger partial charge in [0.2, 0.25) is 10.0 Å². The first-order valence-electron chi connectivity index (χ1n) is 5.51. The van der Waals surface area contributed by atoms with Crippen molar-refractivity contribution < 1.29 is 13.2 Å². The van der Waals surface area contributed by atoms with E-state index in [0.717, 1.165) is 6.42 Å². The molecule has 6 nitrogen and oxygen atoms in total. The van der Waals surface area contributed by atoms with Crippen LogP contribution >= 0.6 is 0 Å². The predicted octanol–water partition coefficient (Wildman–Crippen LogP) is 0.436. The van der Waals surface area contributed by atoms with E-state index in [1.54, 1.807) is 21.0 Å². The molecule has 2 rings (SSSR count). The molecule has 0 spiro atoms. The first kappa shape index (κ1) is 12.5. The van der Waals surface area contributed by atoms with E-state index in [2.05, 4.69) is 10.2 Å². The van der Waals surface area contributed by atoms with Gasteiger partial charge >= 0.3 is 0 Å². The van der Waals surface area contributed by atoms with Crippen molar-refractivity contribution >= 4 is 10.0 Å². The number of methoxy groups -OCH3 is 1. The zero-order valence-electron chi connectivity index (χ0n) is 10.2. The summed E-state index contributed by atoms with van der Waals surface area (Å²) >= 11 is 0. The topological polar surface area (TPSA) is 75.3 Å². The average molecular weight is 259 g/mol. The molecule has 0 saturated carbocycles. The second-order valence-electron chi connectivity index (χ2n) is 4.27. The molecule has 1 N–H and O–H groups in total. The maximum absolute atomic E-state index is 12.4. The van der Waals surface area contributed by atoms with Gasteiger partial charge in [-0.05, 0) is 20.3 Å². The van der Waals surface area contributed by atoms with E-state index < -0.39 is 10.0 Å². The molecule has 7 heteroatoms. The fourth-order valence-electron chi connectivity index (χ4n) is 2.16. The van der Waals surface area contributed by atoms with Crippen LogP contribution in [0.25, 0.3) is 0 Å². The molecule has 1 aromatic heterocycles. The molecule has 1 aliphatic rings. The zero-order chi connectivity index (χ0) is 12.6. The molecular weight excluding hydrogens is 242 g/mol. The molecule has 1 aromatic rings. The molecular formula is C10H17N3O3S. The summed E-state index contributed by atoms with van der Waals surface area (Å²) in [5.41, 5.74) is 1.10. The lowest BCUT2D eigenvalue weighted by Gasteiger charge is -2.16. The molecule has 0 aromatic carbocycles. The van der Waals surface area contributed by atoms with Crippen LogP contribution < -0.4 is 0 Å². The van der Waals surface area contributed by atoms with Crippen molar-refractivity contribution in [3.63, 3.8) is 0 Å². The molecule has 2 heterocycles. The highest BCUT2D eigenvalue weighted by atomic mass is 32.2. The van der Waals surface area contributed by atoms with E-state index in [-0.39, 0.29) is 6.10 Å². The molecule has 1 atom stereocenters. The van der Waals surface area contributed by atoms with Gasteiger partial charge in [-0.25, -0.2) is 8.42 Å². The zero-order valence-corrected chi connectivity index (χ0v) is 11.0. The molecule has 0 aliphatic carbocycles. The number of nitrogens with one attached hydrogen (secondary N) is 1. The van der Waals surface area contributed by atoms with Gasteiger partial charge in [-0.1, -0.05) is 0 Å². The van der Waals surface area contributed by atoms with Crippen LogP contribution in [0.15, 0.2) is 4.90 Å². The van der Waals surface area contributed by atoms with Crippen molar-refractivity contribution in [3.8, 4) is 0 Å². The summed E-state index contributed by atoms with van der Waals surface area (Å²) in [7, 11) is -1.83. The van der Waals surface area contributed by atoms with E-state index in [1.165, 1.54) is 4.31 Å². The molecule has 1 saturated heterocycles. The van der Waals surface area contributed by atoms with Gasteiger partial charge in [0.15, 0.2) is 0 Å². The number of H-pyrrole nitrogens is 1. The molecule has 96 valence electrons. The number of aromatic amines is 1. The van der Waals surface area contributed by atoms with E-state index >= 15 is 0 Å². The Bertz CT molecular complexity index is 489. The smallest absolute Gasteiger partial charge is 0.246 e. The van der Waals surface area contributed by atoms with Crippen LogP contribution in [0.1, 0.15) is 17.8 Å². The van der Waals surface area contributed by atoms with E-state index in [0.29, 0.717) is 29.4 Å². The highest BCUT2D eigenvalue weighted by molar-refractivity contribution is 7.89. The highest BCUT2D eigenvalue weighted by Gasteiger charge is 2.35. The Morgan fingerprint density at radius 2 is 2.18 bits per heavy atom. The van der Waals surface area contributed by atoms with E-state index in [9.17, 15) is 8.42 Å². The van der Waals surface area contributed by atoms with Gasteiger partial charge in [-0.3, -0.25) is 5.10 Å². The number of nitrogens with zero attached hydrogens (tertiary/aromatic N) is 2. The number of ether oxygens (including phenoxy) is 1. The monoisotopic (exact) mass is 259 g/mol. The fraction of sp³-hybridized carbons (Fsp3) is 0.700. The van der Waals surface area contributed by atoms with Crippen LogP contribution in [0.3, 0.4) is 0 Å². The maximum Gasteiger partial charge on any atom is 0.246 e. The number of sulfonamides is 1. The van der Waals surface area contributed by atoms with Crippen LogP contribution in [0, 0.1) is 13.8 Å². The molecule has 1 unspecified atom stereocenters. The SMILES string of the molecule is COC1CCN(S(=O)(=O)c2c(C)n[nH]c2C)C1. The van der Waals surface area contributed by atoms with Crippen molar-refractivity contribution in [3.05, 3.63) is 11.4 Å². The number of rotatable bonds is 3. The van der Waals surface area contributed by atoms with Crippen LogP contribution in [-0.4, -0.2) is 49.2 Å².